The lowest BCUT2D eigenvalue weighted by Gasteiger charge is -2.39. The van der Waals surface area contributed by atoms with Gasteiger partial charge in [-0.05, 0) is 50.4 Å². The molecule has 4 nitrogen and oxygen atoms in total. The monoisotopic (exact) mass is 446 g/mol. The van der Waals surface area contributed by atoms with Crippen molar-refractivity contribution in [1.29, 1.82) is 0 Å². The second kappa shape index (κ2) is 7.57. The van der Waals surface area contributed by atoms with Gasteiger partial charge in [-0.1, -0.05) is 53.7 Å². The molecular formula is C24H32O4P2. The van der Waals surface area contributed by atoms with Gasteiger partial charge in [0.1, 0.15) is 23.0 Å². The summed E-state index contributed by atoms with van der Waals surface area (Å²) in [4.78, 5) is 0. The van der Waals surface area contributed by atoms with Crippen molar-refractivity contribution in [3.8, 4) is 23.0 Å². The number of ether oxygens (including phenoxy) is 4. The first kappa shape index (κ1) is 21.7. The summed E-state index contributed by atoms with van der Waals surface area (Å²) in [6.45, 7) is 13.8. The third kappa shape index (κ3) is 3.47. The molecule has 0 unspecified atom stereocenters. The SMILES string of the molecule is COc1cccc2c1[P@@](C(C)(C)C)[C@H]([C@@H]1Oc3cccc(OC)c3[P@]1C(C)(C)C)O2. The van der Waals surface area contributed by atoms with Gasteiger partial charge in [0, 0.05) is 0 Å². The van der Waals surface area contributed by atoms with Crippen LogP contribution in [0.5, 0.6) is 23.0 Å². The normalized spacial score (nSPS) is 25.2. The molecular weight excluding hydrogens is 414 g/mol. The minimum absolute atomic E-state index is 0.0336. The van der Waals surface area contributed by atoms with E-state index in [9.17, 15) is 0 Å². The molecule has 0 fully saturated rings. The summed E-state index contributed by atoms with van der Waals surface area (Å²) in [6, 6.07) is 12.3. The van der Waals surface area contributed by atoms with Gasteiger partial charge in [-0.15, -0.1) is 0 Å². The minimum atomic E-state index is -0.690. The first-order valence-corrected chi connectivity index (χ1v) is 13.2. The van der Waals surface area contributed by atoms with Gasteiger partial charge >= 0.3 is 0 Å². The van der Waals surface area contributed by atoms with E-state index in [4.69, 9.17) is 18.9 Å². The zero-order valence-corrected chi connectivity index (χ0v) is 20.9. The molecule has 6 heteroatoms. The van der Waals surface area contributed by atoms with Crippen molar-refractivity contribution in [3.05, 3.63) is 36.4 Å². The Hall–Kier alpha value is -1.50. The van der Waals surface area contributed by atoms with E-state index in [0.29, 0.717) is 0 Å². The largest absolute Gasteiger partial charge is 0.496 e. The molecule has 2 aromatic rings. The van der Waals surface area contributed by atoms with Crippen LogP contribution in [0, 0.1) is 0 Å². The third-order valence-corrected chi connectivity index (χ3v) is 12.3. The van der Waals surface area contributed by atoms with Crippen molar-refractivity contribution in [3.63, 3.8) is 0 Å². The topological polar surface area (TPSA) is 36.9 Å². The average Bonchev–Trinajstić information content (AvgIpc) is 3.25. The van der Waals surface area contributed by atoms with E-state index in [0.717, 1.165) is 23.0 Å². The molecule has 162 valence electrons. The Morgan fingerprint density at radius 1 is 0.667 bits per heavy atom. The van der Waals surface area contributed by atoms with E-state index < -0.39 is 15.8 Å². The summed E-state index contributed by atoms with van der Waals surface area (Å²) in [5, 5.41) is 2.54. The van der Waals surface area contributed by atoms with E-state index in [1.807, 2.05) is 24.3 Å². The fourth-order valence-electron chi connectivity index (χ4n) is 4.42. The molecule has 0 N–H and O–H groups in total. The lowest BCUT2D eigenvalue weighted by Crippen LogP contribution is -2.38. The first-order valence-electron chi connectivity index (χ1n) is 10.3. The fraction of sp³-hybridized carbons (Fsp3) is 0.500. The summed E-state index contributed by atoms with van der Waals surface area (Å²) >= 11 is 0. The number of hydrogen-bond acceptors (Lipinski definition) is 4. The number of methoxy groups -OCH3 is 2. The summed E-state index contributed by atoms with van der Waals surface area (Å²) in [6.07, 6.45) is 0. The Morgan fingerprint density at radius 2 is 1.03 bits per heavy atom. The molecule has 0 saturated heterocycles. The van der Waals surface area contributed by atoms with Gasteiger partial charge in [-0.2, -0.15) is 0 Å². The molecule has 2 aliphatic heterocycles. The summed E-state index contributed by atoms with van der Waals surface area (Å²) < 4.78 is 24.9. The molecule has 0 saturated carbocycles. The zero-order chi connectivity index (χ0) is 21.8. The van der Waals surface area contributed by atoms with E-state index in [1.54, 1.807) is 14.2 Å². The lowest BCUT2D eigenvalue weighted by molar-refractivity contribution is 0.171. The highest BCUT2D eigenvalue weighted by atomic mass is 31.1. The maximum Gasteiger partial charge on any atom is 0.162 e. The average molecular weight is 446 g/mol. The van der Waals surface area contributed by atoms with Crippen LogP contribution in [0.4, 0.5) is 0 Å². The maximum absolute atomic E-state index is 6.70. The van der Waals surface area contributed by atoms with Gasteiger partial charge in [0.2, 0.25) is 0 Å². The Morgan fingerprint density at radius 3 is 1.33 bits per heavy atom. The second-order valence-corrected chi connectivity index (χ2v) is 15.8. The predicted molar refractivity (Wildman–Crippen MR) is 127 cm³/mol. The van der Waals surface area contributed by atoms with E-state index in [-0.39, 0.29) is 22.0 Å². The number of fused-ring (bicyclic) bond motifs is 2. The molecule has 4 rings (SSSR count). The summed E-state index contributed by atoms with van der Waals surface area (Å²) in [5.41, 5.74) is 0. The van der Waals surface area contributed by atoms with E-state index in [1.165, 1.54) is 10.6 Å². The van der Waals surface area contributed by atoms with Crippen molar-refractivity contribution < 1.29 is 18.9 Å². The highest BCUT2D eigenvalue weighted by molar-refractivity contribution is 7.72. The van der Waals surface area contributed by atoms with Gasteiger partial charge in [0.15, 0.2) is 11.7 Å². The summed E-state index contributed by atoms with van der Waals surface area (Å²) in [5.74, 6) is 3.66. The molecule has 2 aromatic carbocycles. The third-order valence-electron chi connectivity index (χ3n) is 5.54. The lowest BCUT2D eigenvalue weighted by atomic mass is 10.2. The van der Waals surface area contributed by atoms with Crippen LogP contribution >= 0.6 is 15.8 Å². The molecule has 2 aliphatic rings. The van der Waals surface area contributed by atoms with Gasteiger partial charge in [-0.25, -0.2) is 0 Å². The van der Waals surface area contributed by atoms with Crippen LogP contribution in [0.25, 0.3) is 0 Å². The van der Waals surface area contributed by atoms with Crippen LogP contribution in [-0.2, 0) is 0 Å². The Labute approximate surface area is 182 Å². The minimum Gasteiger partial charge on any atom is -0.496 e. The number of rotatable bonds is 3. The van der Waals surface area contributed by atoms with Crippen molar-refractivity contribution in [2.45, 2.75) is 63.5 Å². The molecule has 2 heterocycles. The zero-order valence-electron chi connectivity index (χ0n) is 19.1. The van der Waals surface area contributed by atoms with Crippen molar-refractivity contribution in [1.82, 2.24) is 0 Å². The molecule has 30 heavy (non-hydrogen) atoms. The van der Waals surface area contributed by atoms with Gasteiger partial charge < -0.3 is 18.9 Å². The van der Waals surface area contributed by atoms with Crippen LogP contribution in [0.1, 0.15) is 41.5 Å². The van der Waals surface area contributed by atoms with E-state index in [2.05, 4.69) is 53.7 Å². The molecule has 0 aromatic heterocycles. The molecule has 4 atom stereocenters. The predicted octanol–water partition coefficient (Wildman–Crippen LogP) is 5.65. The first-order chi connectivity index (χ1) is 14.1. The van der Waals surface area contributed by atoms with Crippen LogP contribution in [0.2, 0.25) is 0 Å². The second-order valence-electron chi connectivity index (χ2n) is 9.71. The highest BCUT2D eigenvalue weighted by Gasteiger charge is 2.55. The maximum atomic E-state index is 6.70. The van der Waals surface area contributed by atoms with E-state index >= 15 is 0 Å². The van der Waals surface area contributed by atoms with Crippen LogP contribution in [0.15, 0.2) is 36.4 Å². The van der Waals surface area contributed by atoms with Crippen molar-refractivity contribution in [2.24, 2.45) is 0 Å². The Balaban J connectivity index is 1.85. The van der Waals surface area contributed by atoms with Crippen LogP contribution in [-0.4, -0.2) is 36.2 Å². The van der Waals surface area contributed by atoms with Crippen LogP contribution in [0.3, 0.4) is 0 Å². The van der Waals surface area contributed by atoms with Gasteiger partial charge in [-0.3, -0.25) is 0 Å². The van der Waals surface area contributed by atoms with Gasteiger partial charge in [0.05, 0.1) is 24.8 Å². The molecule has 0 radical (unpaired) electrons. The molecule has 0 aliphatic carbocycles. The Kier molecular flexibility index (Phi) is 5.48. The number of hydrogen-bond donors (Lipinski definition) is 0. The molecule has 0 amide bonds. The standard InChI is InChI=1S/C24H32O4P2/c1-23(2,3)29-19-15(25-7)11-9-13-17(19)27-21(29)22-28-18-14-10-12-16(26-8)20(18)30(22)24(4,5)6/h9-14,21-22H,1-8H3/t21-,22-,29-,30+/m1/s1. The van der Waals surface area contributed by atoms with Crippen molar-refractivity contribution in [2.75, 3.05) is 14.2 Å². The fourth-order valence-corrected chi connectivity index (χ4v) is 11.2. The smallest absolute Gasteiger partial charge is 0.162 e. The molecule has 0 spiro atoms. The van der Waals surface area contributed by atoms with Crippen LogP contribution < -0.4 is 29.6 Å². The quantitative estimate of drug-likeness (QED) is 0.571. The summed E-state index contributed by atoms with van der Waals surface area (Å²) in [7, 11) is 2.11. The Bertz CT molecular complexity index is 868. The number of benzene rings is 2. The highest BCUT2D eigenvalue weighted by Crippen LogP contribution is 2.69. The van der Waals surface area contributed by atoms with Gasteiger partial charge in [0.25, 0.3) is 0 Å². The van der Waals surface area contributed by atoms with Crippen molar-refractivity contribution >= 4 is 26.5 Å². The molecule has 0 bridgehead atoms.